The fourth-order valence-corrected chi connectivity index (χ4v) is 3.93. The first-order chi connectivity index (χ1) is 14.0. The van der Waals surface area contributed by atoms with E-state index in [1.807, 2.05) is 0 Å². The summed E-state index contributed by atoms with van der Waals surface area (Å²) in [6.07, 6.45) is 1.36. The van der Waals surface area contributed by atoms with Crippen LogP contribution in [0.1, 0.15) is 40.5 Å². The second-order valence-electron chi connectivity index (χ2n) is 7.28. The molecule has 0 saturated carbocycles. The maximum atomic E-state index is 13.2. The van der Waals surface area contributed by atoms with Crippen LogP contribution in [-0.4, -0.2) is 47.5 Å². The fraction of sp³-hybridized carbons (Fsp3) is 0.273. The van der Waals surface area contributed by atoms with Gasteiger partial charge in [0.1, 0.15) is 12.6 Å². The number of fused-ring (bicyclic) bond motifs is 2. The molecule has 0 aromatic heterocycles. The van der Waals surface area contributed by atoms with Gasteiger partial charge in [-0.25, -0.2) is 0 Å². The average molecular weight is 391 g/mol. The van der Waals surface area contributed by atoms with Gasteiger partial charge in [0.25, 0.3) is 5.91 Å². The molecule has 2 aromatic carbocycles. The highest BCUT2D eigenvalue weighted by Gasteiger charge is 2.42. The minimum Gasteiger partial charge on any atom is -0.327 e. The van der Waals surface area contributed by atoms with Gasteiger partial charge in [0.05, 0.1) is 11.3 Å². The smallest absolute Gasteiger partial charge is 0.256 e. The Morgan fingerprint density at radius 2 is 1.90 bits per heavy atom. The summed E-state index contributed by atoms with van der Waals surface area (Å²) in [6.45, 7) is 1.79. The zero-order valence-electron chi connectivity index (χ0n) is 16.1. The van der Waals surface area contributed by atoms with E-state index in [-0.39, 0.29) is 24.1 Å². The molecule has 0 aliphatic carbocycles. The maximum Gasteiger partial charge on any atom is 0.256 e. The maximum absolute atomic E-state index is 13.2. The largest absolute Gasteiger partial charge is 0.327 e. The second kappa shape index (κ2) is 7.50. The molecule has 2 aliphatic rings. The van der Waals surface area contributed by atoms with Gasteiger partial charge >= 0.3 is 0 Å². The van der Waals surface area contributed by atoms with Gasteiger partial charge in [0.15, 0.2) is 5.78 Å². The molecule has 1 atom stereocenters. The van der Waals surface area contributed by atoms with Crippen molar-refractivity contribution in [2.75, 3.05) is 23.3 Å². The van der Waals surface area contributed by atoms with E-state index in [0.717, 1.165) is 6.42 Å². The Hall–Kier alpha value is -3.48. The molecule has 7 nitrogen and oxygen atoms in total. The molecular weight excluding hydrogens is 370 g/mol. The molecule has 2 heterocycles. The van der Waals surface area contributed by atoms with Crippen molar-refractivity contribution in [1.82, 2.24) is 4.90 Å². The standard InChI is InChI=1S/C22H21N3O4/c1-14(26)15-6-4-7-16(12-15)23-20(27)13-25-18-9-3-2-8-17(18)21(28)24-11-5-10-19(24)22(25)29/h2-4,6-9,12,19H,5,10-11,13H2,1H3,(H,23,27). The summed E-state index contributed by atoms with van der Waals surface area (Å²) < 4.78 is 0. The van der Waals surface area contributed by atoms with E-state index in [4.69, 9.17) is 0 Å². The van der Waals surface area contributed by atoms with Crippen LogP contribution in [0.5, 0.6) is 0 Å². The Bertz CT molecular complexity index is 1020. The lowest BCUT2D eigenvalue weighted by Gasteiger charge is -2.25. The first kappa shape index (κ1) is 18.9. The molecule has 7 heteroatoms. The molecule has 4 rings (SSSR count). The number of Topliss-reactive ketones (excluding diaryl/α,β-unsaturated/α-hetero) is 1. The van der Waals surface area contributed by atoms with Crippen molar-refractivity contribution in [2.45, 2.75) is 25.8 Å². The van der Waals surface area contributed by atoms with Crippen LogP contribution in [0, 0.1) is 0 Å². The number of anilines is 2. The molecule has 3 amide bonds. The van der Waals surface area contributed by atoms with Crippen LogP contribution in [0.2, 0.25) is 0 Å². The highest BCUT2D eigenvalue weighted by molar-refractivity contribution is 6.13. The number of nitrogens with zero attached hydrogens (tertiary/aromatic N) is 2. The highest BCUT2D eigenvalue weighted by Crippen LogP contribution is 2.32. The molecule has 2 aliphatic heterocycles. The Kier molecular flexibility index (Phi) is 4.88. The lowest BCUT2D eigenvalue weighted by atomic mass is 10.1. The van der Waals surface area contributed by atoms with Crippen molar-refractivity contribution < 1.29 is 19.2 Å². The molecule has 2 aromatic rings. The van der Waals surface area contributed by atoms with Crippen molar-refractivity contribution in [1.29, 1.82) is 0 Å². The van der Waals surface area contributed by atoms with E-state index in [1.165, 1.54) is 11.8 Å². The summed E-state index contributed by atoms with van der Waals surface area (Å²) in [5.41, 5.74) is 1.85. The fourth-order valence-electron chi connectivity index (χ4n) is 3.93. The van der Waals surface area contributed by atoms with E-state index in [2.05, 4.69) is 5.32 Å². The van der Waals surface area contributed by atoms with Gasteiger partial charge in [-0.2, -0.15) is 0 Å². The SMILES string of the molecule is CC(=O)c1cccc(NC(=O)CN2C(=O)C3CCCN3C(=O)c3ccccc32)c1. The number of hydrogen-bond donors (Lipinski definition) is 1. The third-order valence-corrected chi connectivity index (χ3v) is 5.34. The molecule has 1 unspecified atom stereocenters. The van der Waals surface area contributed by atoms with E-state index in [9.17, 15) is 19.2 Å². The topological polar surface area (TPSA) is 86.8 Å². The lowest BCUT2D eigenvalue weighted by molar-refractivity contribution is -0.124. The molecular formula is C22H21N3O4. The van der Waals surface area contributed by atoms with Gasteiger partial charge in [0, 0.05) is 17.8 Å². The van der Waals surface area contributed by atoms with Crippen molar-refractivity contribution in [3.05, 3.63) is 59.7 Å². The highest BCUT2D eigenvalue weighted by atomic mass is 16.2. The number of benzene rings is 2. The van der Waals surface area contributed by atoms with Crippen LogP contribution in [0.15, 0.2) is 48.5 Å². The predicted octanol–water partition coefficient (Wildman–Crippen LogP) is 2.48. The number of rotatable bonds is 4. The van der Waals surface area contributed by atoms with Gasteiger partial charge in [0.2, 0.25) is 11.8 Å². The summed E-state index contributed by atoms with van der Waals surface area (Å²) >= 11 is 0. The molecule has 0 bridgehead atoms. The molecule has 1 fully saturated rings. The third-order valence-electron chi connectivity index (χ3n) is 5.34. The van der Waals surface area contributed by atoms with Crippen LogP contribution in [0.3, 0.4) is 0 Å². The lowest BCUT2D eigenvalue weighted by Crippen LogP contribution is -2.47. The predicted molar refractivity (Wildman–Crippen MR) is 108 cm³/mol. The normalized spacial score (nSPS) is 18.2. The Morgan fingerprint density at radius 1 is 1.10 bits per heavy atom. The number of ketones is 1. The number of nitrogens with one attached hydrogen (secondary N) is 1. The van der Waals surface area contributed by atoms with E-state index < -0.39 is 11.9 Å². The molecule has 29 heavy (non-hydrogen) atoms. The average Bonchev–Trinajstić information content (AvgIpc) is 3.18. The van der Waals surface area contributed by atoms with Crippen LogP contribution in [0.25, 0.3) is 0 Å². The third kappa shape index (κ3) is 3.51. The summed E-state index contributed by atoms with van der Waals surface area (Å²) in [7, 11) is 0. The summed E-state index contributed by atoms with van der Waals surface area (Å²) in [5, 5.41) is 2.74. The molecule has 1 saturated heterocycles. The Labute approximate surface area is 168 Å². The summed E-state index contributed by atoms with van der Waals surface area (Å²) in [5.74, 6) is -0.910. The second-order valence-corrected chi connectivity index (χ2v) is 7.28. The minimum absolute atomic E-state index is 0.0995. The van der Waals surface area contributed by atoms with E-state index in [0.29, 0.717) is 35.5 Å². The molecule has 0 radical (unpaired) electrons. The summed E-state index contributed by atoms with van der Waals surface area (Å²) in [4.78, 5) is 53.3. The Morgan fingerprint density at radius 3 is 2.69 bits per heavy atom. The summed E-state index contributed by atoms with van der Waals surface area (Å²) in [6, 6.07) is 13.0. The first-order valence-electron chi connectivity index (χ1n) is 9.58. The minimum atomic E-state index is -0.538. The van der Waals surface area contributed by atoms with Crippen LogP contribution >= 0.6 is 0 Å². The Balaban J connectivity index is 1.61. The van der Waals surface area contributed by atoms with Gasteiger partial charge < -0.3 is 15.1 Å². The van der Waals surface area contributed by atoms with Crippen LogP contribution in [0.4, 0.5) is 11.4 Å². The van der Waals surface area contributed by atoms with Gasteiger partial charge in [-0.05, 0) is 44.0 Å². The van der Waals surface area contributed by atoms with Gasteiger partial charge in [-0.3, -0.25) is 19.2 Å². The van der Waals surface area contributed by atoms with Crippen LogP contribution in [-0.2, 0) is 9.59 Å². The number of carbonyl (C=O) groups is 4. The monoisotopic (exact) mass is 391 g/mol. The van der Waals surface area contributed by atoms with Crippen molar-refractivity contribution in [2.24, 2.45) is 0 Å². The molecule has 0 spiro atoms. The number of amides is 3. The molecule has 1 N–H and O–H groups in total. The zero-order valence-corrected chi connectivity index (χ0v) is 16.1. The van der Waals surface area contributed by atoms with E-state index >= 15 is 0 Å². The van der Waals surface area contributed by atoms with E-state index in [1.54, 1.807) is 53.4 Å². The van der Waals surface area contributed by atoms with Crippen molar-refractivity contribution >= 4 is 34.9 Å². The number of para-hydroxylation sites is 1. The van der Waals surface area contributed by atoms with Crippen molar-refractivity contribution in [3.8, 4) is 0 Å². The molecule has 148 valence electrons. The zero-order chi connectivity index (χ0) is 20.5. The first-order valence-corrected chi connectivity index (χ1v) is 9.58. The quantitative estimate of drug-likeness (QED) is 0.812. The van der Waals surface area contributed by atoms with Gasteiger partial charge in [-0.1, -0.05) is 24.3 Å². The number of hydrogen-bond acceptors (Lipinski definition) is 4. The van der Waals surface area contributed by atoms with Crippen LogP contribution < -0.4 is 10.2 Å². The number of carbonyl (C=O) groups excluding carboxylic acids is 4. The van der Waals surface area contributed by atoms with Crippen molar-refractivity contribution in [3.63, 3.8) is 0 Å². The van der Waals surface area contributed by atoms with Gasteiger partial charge in [-0.15, -0.1) is 0 Å².